The van der Waals surface area contributed by atoms with Crippen molar-refractivity contribution in [3.8, 4) is 5.75 Å². The average molecular weight is 349 g/mol. The van der Waals surface area contributed by atoms with Crippen molar-refractivity contribution in [3.63, 3.8) is 0 Å². The van der Waals surface area contributed by atoms with Crippen molar-refractivity contribution in [1.82, 2.24) is 10.2 Å². The molecule has 1 saturated heterocycles. The molecular formula is C18H18ClFN2O2. The van der Waals surface area contributed by atoms with Gasteiger partial charge in [-0.15, -0.1) is 0 Å². The molecule has 24 heavy (non-hydrogen) atoms. The Morgan fingerprint density at radius 2 is 2.08 bits per heavy atom. The summed E-state index contributed by atoms with van der Waals surface area (Å²) in [4.78, 5) is 14.4. The minimum absolute atomic E-state index is 0.0807. The molecule has 3 rings (SSSR count). The number of hydrogen-bond donors (Lipinski definition) is 1. The van der Waals surface area contributed by atoms with Gasteiger partial charge in [-0.25, -0.2) is 4.39 Å². The molecule has 0 spiro atoms. The highest BCUT2D eigenvalue weighted by atomic mass is 35.5. The molecule has 1 heterocycles. The van der Waals surface area contributed by atoms with Crippen LogP contribution in [0.1, 0.15) is 11.6 Å². The molecule has 0 aromatic heterocycles. The number of halogens is 2. The summed E-state index contributed by atoms with van der Waals surface area (Å²) in [6, 6.07) is 13.1. The van der Waals surface area contributed by atoms with Crippen LogP contribution >= 0.6 is 11.6 Å². The lowest BCUT2D eigenvalue weighted by atomic mass is 10.0. The van der Waals surface area contributed by atoms with Gasteiger partial charge >= 0.3 is 0 Å². The first kappa shape index (κ1) is 16.7. The van der Waals surface area contributed by atoms with E-state index >= 15 is 0 Å². The smallest absolute Gasteiger partial charge is 0.261 e. The molecule has 1 N–H and O–H groups in total. The number of piperazine rings is 1. The molecule has 2 aromatic rings. The zero-order valence-electron chi connectivity index (χ0n) is 13.0. The van der Waals surface area contributed by atoms with E-state index in [4.69, 9.17) is 16.3 Å². The zero-order valence-corrected chi connectivity index (χ0v) is 13.8. The third-order valence-electron chi connectivity index (χ3n) is 3.97. The van der Waals surface area contributed by atoms with E-state index < -0.39 is 0 Å². The van der Waals surface area contributed by atoms with Gasteiger partial charge in [0.25, 0.3) is 5.91 Å². The number of hydrogen-bond acceptors (Lipinski definition) is 3. The van der Waals surface area contributed by atoms with E-state index in [0.717, 1.165) is 12.1 Å². The van der Waals surface area contributed by atoms with Crippen LogP contribution in [0.25, 0.3) is 0 Å². The van der Waals surface area contributed by atoms with Crippen LogP contribution in [0.2, 0.25) is 5.02 Å². The lowest BCUT2D eigenvalue weighted by molar-refractivity contribution is -0.136. The zero-order chi connectivity index (χ0) is 16.9. The van der Waals surface area contributed by atoms with Crippen molar-refractivity contribution in [1.29, 1.82) is 0 Å². The highest BCUT2D eigenvalue weighted by Gasteiger charge is 2.28. The quantitative estimate of drug-likeness (QED) is 0.923. The number of amides is 1. The summed E-state index contributed by atoms with van der Waals surface area (Å²) < 4.78 is 18.4. The Bertz CT molecular complexity index is 708. The van der Waals surface area contributed by atoms with Gasteiger partial charge in [-0.05, 0) is 42.0 Å². The summed E-state index contributed by atoms with van der Waals surface area (Å²) in [6.07, 6.45) is 0. The van der Waals surface area contributed by atoms with Crippen molar-refractivity contribution in [2.75, 3.05) is 26.2 Å². The number of ether oxygens (including phenoxy) is 1. The Morgan fingerprint density at radius 3 is 2.83 bits per heavy atom. The number of rotatable bonds is 4. The molecule has 1 unspecified atom stereocenters. The second-order valence-corrected chi connectivity index (χ2v) is 6.04. The highest BCUT2D eigenvalue weighted by Crippen LogP contribution is 2.25. The summed E-state index contributed by atoms with van der Waals surface area (Å²) >= 11 is 6.07. The monoisotopic (exact) mass is 348 g/mol. The molecule has 1 atom stereocenters. The minimum Gasteiger partial charge on any atom is -0.484 e. The van der Waals surface area contributed by atoms with Gasteiger partial charge in [-0.2, -0.15) is 0 Å². The van der Waals surface area contributed by atoms with Crippen molar-refractivity contribution < 1.29 is 13.9 Å². The van der Waals surface area contributed by atoms with Gasteiger partial charge in [0, 0.05) is 24.7 Å². The Labute approximate surface area is 145 Å². The first-order valence-corrected chi connectivity index (χ1v) is 8.15. The molecule has 1 fully saturated rings. The number of carbonyl (C=O) groups is 1. The topological polar surface area (TPSA) is 41.6 Å². The standard InChI is InChI=1S/C18H18ClFN2O2/c19-14-3-1-2-13(10-14)17-11-21-8-9-22(17)18(23)12-24-16-6-4-15(20)5-7-16/h1-7,10,17,21H,8-9,11-12H2. The summed E-state index contributed by atoms with van der Waals surface area (Å²) in [5.74, 6) is 0.0294. The molecule has 6 heteroatoms. The fraction of sp³-hybridized carbons (Fsp3) is 0.278. The van der Waals surface area contributed by atoms with Gasteiger partial charge < -0.3 is 15.0 Å². The molecule has 0 saturated carbocycles. The molecule has 126 valence electrons. The SMILES string of the molecule is O=C(COc1ccc(F)cc1)N1CCNCC1c1cccc(Cl)c1. The lowest BCUT2D eigenvalue weighted by Gasteiger charge is -2.36. The largest absolute Gasteiger partial charge is 0.484 e. The van der Waals surface area contributed by atoms with Crippen LogP contribution in [0, 0.1) is 5.82 Å². The second-order valence-electron chi connectivity index (χ2n) is 5.60. The Morgan fingerprint density at radius 1 is 1.29 bits per heavy atom. The molecule has 1 amide bonds. The molecule has 0 aliphatic carbocycles. The summed E-state index contributed by atoms with van der Waals surface area (Å²) in [5, 5.41) is 3.94. The number of nitrogens with zero attached hydrogens (tertiary/aromatic N) is 1. The molecule has 1 aliphatic heterocycles. The van der Waals surface area contributed by atoms with E-state index in [1.165, 1.54) is 24.3 Å². The van der Waals surface area contributed by atoms with E-state index in [-0.39, 0.29) is 24.4 Å². The summed E-state index contributed by atoms with van der Waals surface area (Å²) in [7, 11) is 0. The van der Waals surface area contributed by atoms with Gasteiger partial charge in [0.15, 0.2) is 6.61 Å². The molecular weight excluding hydrogens is 331 g/mol. The highest BCUT2D eigenvalue weighted by molar-refractivity contribution is 6.30. The van der Waals surface area contributed by atoms with Crippen LogP contribution in [-0.2, 0) is 4.79 Å². The van der Waals surface area contributed by atoms with Crippen LogP contribution in [-0.4, -0.2) is 37.0 Å². The first-order chi connectivity index (χ1) is 11.6. The normalized spacial score (nSPS) is 17.6. The van der Waals surface area contributed by atoms with Gasteiger partial charge in [0.2, 0.25) is 0 Å². The van der Waals surface area contributed by atoms with Crippen molar-refractivity contribution in [2.24, 2.45) is 0 Å². The number of nitrogens with one attached hydrogen (secondary N) is 1. The van der Waals surface area contributed by atoms with E-state index in [1.807, 2.05) is 24.3 Å². The molecule has 4 nitrogen and oxygen atoms in total. The van der Waals surface area contributed by atoms with E-state index in [1.54, 1.807) is 4.90 Å². The maximum Gasteiger partial charge on any atom is 0.261 e. The van der Waals surface area contributed by atoms with E-state index in [0.29, 0.717) is 23.9 Å². The van der Waals surface area contributed by atoms with Crippen LogP contribution in [0.5, 0.6) is 5.75 Å². The third-order valence-corrected chi connectivity index (χ3v) is 4.21. The Hall–Kier alpha value is -2.11. The fourth-order valence-corrected chi connectivity index (χ4v) is 2.97. The summed E-state index contributed by atoms with van der Waals surface area (Å²) in [6.45, 7) is 1.92. The Balaban J connectivity index is 1.68. The number of benzene rings is 2. The average Bonchev–Trinajstić information content (AvgIpc) is 2.61. The third kappa shape index (κ3) is 4.04. The van der Waals surface area contributed by atoms with Gasteiger partial charge in [0.05, 0.1) is 6.04 Å². The molecule has 1 aliphatic rings. The predicted octanol–water partition coefficient (Wildman–Crippen LogP) is 3.03. The minimum atomic E-state index is -0.336. The number of carbonyl (C=O) groups excluding carboxylic acids is 1. The van der Waals surface area contributed by atoms with Gasteiger partial charge in [0.1, 0.15) is 11.6 Å². The maximum atomic E-state index is 12.9. The van der Waals surface area contributed by atoms with E-state index in [9.17, 15) is 9.18 Å². The van der Waals surface area contributed by atoms with Crippen LogP contribution in [0.4, 0.5) is 4.39 Å². The van der Waals surface area contributed by atoms with Crippen molar-refractivity contribution >= 4 is 17.5 Å². The second kappa shape index (κ2) is 7.64. The van der Waals surface area contributed by atoms with Crippen LogP contribution < -0.4 is 10.1 Å². The van der Waals surface area contributed by atoms with Crippen LogP contribution in [0.3, 0.4) is 0 Å². The van der Waals surface area contributed by atoms with Crippen molar-refractivity contribution in [3.05, 3.63) is 64.9 Å². The summed E-state index contributed by atoms with van der Waals surface area (Å²) in [5.41, 5.74) is 0.991. The maximum absolute atomic E-state index is 12.9. The molecule has 0 radical (unpaired) electrons. The van der Waals surface area contributed by atoms with Gasteiger partial charge in [-0.1, -0.05) is 23.7 Å². The molecule has 0 bridgehead atoms. The first-order valence-electron chi connectivity index (χ1n) is 7.77. The van der Waals surface area contributed by atoms with E-state index in [2.05, 4.69) is 5.32 Å². The van der Waals surface area contributed by atoms with Crippen LogP contribution in [0.15, 0.2) is 48.5 Å². The van der Waals surface area contributed by atoms with Gasteiger partial charge in [-0.3, -0.25) is 4.79 Å². The predicted molar refractivity (Wildman–Crippen MR) is 90.7 cm³/mol. The lowest BCUT2D eigenvalue weighted by Crippen LogP contribution is -2.50. The fourth-order valence-electron chi connectivity index (χ4n) is 2.77. The molecule has 2 aromatic carbocycles. The van der Waals surface area contributed by atoms with Crippen molar-refractivity contribution in [2.45, 2.75) is 6.04 Å². The Kier molecular flexibility index (Phi) is 5.33.